The molecule has 6 heteroatoms. The number of rotatable bonds is 5. The molecule has 0 aliphatic carbocycles. The van der Waals surface area contributed by atoms with Crippen LogP contribution in [-0.4, -0.2) is 40.0 Å². The molecule has 0 spiro atoms. The molecule has 0 aliphatic heterocycles. The molecule has 0 saturated carbocycles. The third-order valence-corrected chi connectivity index (χ3v) is 3.24. The number of phenols is 1. The molecule has 1 amide bonds. The van der Waals surface area contributed by atoms with Crippen molar-refractivity contribution in [1.29, 1.82) is 0 Å². The summed E-state index contributed by atoms with van der Waals surface area (Å²) in [5.74, 6) is -0.261. The molecule has 1 atom stereocenters. The van der Waals surface area contributed by atoms with Crippen LogP contribution >= 0.6 is 0 Å². The minimum atomic E-state index is -0.247. The maximum atomic E-state index is 12.4. The van der Waals surface area contributed by atoms with E-state index in [0.29, 0.717) is 18.7 Å². The van der Waals surface area contributed by atoms with E-state index >= 15 is 0 Å². The number of phenolic OH excluding ortho intramolecular Hbond substituents is 1. The Morgan fingerprint density at radius 2 is 2.15 bits per heavy atom. The van der Waals surface area contributed by atoms with Crippen LogP contribution in [-0.2, 0) is 0 Å². The molecule has 0 aromatic heterocycles. The molecule has 0 saturated heterocycles. The predicted molar refractivity (Wildman–Crippen MR) is 77.0 cm³/mol. The van der Waals surface area contributed by atoms with Crippen LogP contribution in [0.4, 0.5) is 0 Å². The number of oxime groups is 1. The van der Waals surface area contributed by atoms with Gasteiger partial charge >= 0.3 is 0 Å². The summed E-state index contributed by atoms with van der Waals surface area (Å²) in [4.78, 5) is 13.9. The number of amides is 1. The highest BCUT2D eigenvalue weighted by molar-refractivity contribution is 5.95. The van der Waals surface area contributed by atoms with E-state index in [1.165, 1.54) is 6.07 Å². The number of carbonyl (C=O) groups excluding carboxylic acids is 1. The molecule has 1 aromatic rings. The molecule has 0 aliphatic rings. The lowest BCUT2D eigenvalue weighted by Gasteiger charge is -2.24. The summed E-state index contributed by atoms with van der Waals surface area (Å²) in [6.45, 7) is 6.24. The normalized spacial score (nSPS) is 13.1. The fraction of sp³-hybridized carbons (Fsp3) is 0.429. The lowest BCUT2D eigenvalue weighted by molar-refractivity contribution is 0.0753. The first kappa shape index (κ1) is 15.8. The van der Waals surface area contributed by atoms with E-state index in [4.69, 9.17) is 10.9 Å². The van der Waals surface area contributed by atoms with Crippen molar-refractivity contribution in [2.75, 3.05) is 13.1 Å². The fourth-order valence-corrected chi connectivity index (χ4v) is 1.80. The molecule has 6 nitrogen and oxygen atoms in total. The monoisotopic (exact) mass is 279 g/mol. The van der Waals surface area contributed by atoms with E-state index in [1.54, 1.807) is 30.9 Å². The van der Waals surface area contributed by atoms with Crippen molar-refractivity contribution in [3.8, 4) is 5.75 Å². The Kier molecular flexibility index (Phi) is 5.37. The molecule has 0 heterocycles. The summed E-state index contributed by atoms with van der Waals surface area (Å²) in [5, 5.41) is 21.3. The van der Waals surface area contributed by atoms with Crippen molar-refractivity contribution in [3.05, 3.63) is 29.3 Å². The van der Waals surface area contributed by atoms with Crippen LogP contribution in [0.15, 0.2) is 23.4 Å². The first-order valence-corrected chi connectivity index (χ1v) is 6.47. The summed E-state index contributed by atoms with van der Waals surface area (Å²) in [6.07, 6.45) is 0. The van der Waals surface area contributed by atoms with E-state index in [-0.39, 0.29) is 23.4 Å². The lowest BCUT2D eigenvalue weighted by Crippen LogP contribution is -2.38. The molecule has 0 radical (unpaired) electrons. The molecular weight excluding hydrogens is 258 g/mol. The van der Waals surface area contributed by atoms with Gasteiger partial charge < -0.3 is 20.9 Å². The third kappa shape index (κ3) is 3.63. The zero-order chi connectivity index (χ0) is 15.3. The minimum absolute atomic E-state index is 0.0861. The van der Waals surface area contributed by atoms with Gasteiger partial charge in [-0.05, 0) is 31.5 Å². The van der Waals surface area contributed by atoms with Crippen LogP contribution in [0.3, 0.4) is 0 Å². The van der Waals surface area contributed by atoms with E-state index in [9.17, 15) is 9.90 Å². The maximum Gasteiger partial charge on any atom is 0.254 e. The third-order valence-electron chi connectivity index (χ3n) is 3.24. The Morgan fingerprint density at radius 1 is 1.50 bits per heavy atom. The Hall–Kier alpha value is -2.24. The number of nitrogens with zero attached hydrogens (tertiary/aromatic N) is 2. The minimum Gasteiger partial charge on any atom is -0.508 e. The van der Waals surface area contributed by atoms with E-state index in [0.717, 1.165) is 5.56 Å². The van der Waals surface area contributed by atoms with E-state index in [2.05, 4.69) is 5.16 Å². The van der Waals surface area contributed by atoms with Crippen molar-refractivity contribution in [2.45, 2.75) is 20.8 Å². The number of benzene rings is 1. The maximum absolute atomic E-state index is 12.4. The lowest BCUT2D eigenvalue weighted by atomic mass is 10.1. The Morgan fingerprint density at radius 3 is 2.65 bits per heavy atom. The van der Waals surface area contributed by atoms with Crippen molar-refractivity contribution >= 4 is 11.7 Å². The highest BCUT2D eigenvalue weighted by atomic mass is 16.4. The largest absolute Gasteiger partial charge is 0.508 e. The second kappa shape index (κ2) is 6.79. The topological polar surface area (TPSA) is 99.1 Å². The predicted octanol–water partition coefficient (Wildman–Crippen LogP) is 1.55. The molecule has 4 N–H and O–H groups in total. The Bertz CT molecular complexity index is 514. The van der Waals surface area contributed by atoms with Gasteiger partial charge in [-0.3, -0.25) is 4.79 Å². The van der Waals surface area contributed by atoms with Gasteiger partial charge in [0, 0.05) is 24.6 Å². The van der Waals surface area contributed by atoms with Gasteiger partial charge in [-0.15, -0.1) is 0 Å². The van der Waals surface area contributed by atoms with Gasteiger partial charge in [0.2, 0.25) is 0 Å². The van der Waals surface area contributed by atoms with Crippen LogP contribution in [0.1, 0.15) is 29.8 Å². The van der Waals surface area contributed by atoms with Crippen molar-refractivity contribution in [1.82, 2.24) is 4.90 Å². The van der Waals surface area contributed by atoms with Crippen LogP contribution in [0.5, 0.6) is 5.75 Å². The summed E-state index contributed by atoms with van der Waals surface area (Å²) < 4.78 is 0. The van der Waals surface area contributed by atoms with Gasteiger partial charge in [-0.1, -0.05) is 18.1 Å². The summed E-state index contributed by atoms with van der Waals surface area (Å²) >= 11 is 0. The Labute approximate surface area is 118 Å². The SMILES string of the molecule is CCN(CC(C)C(N)=NO)C(=O)c1ccc(C)c(O)c1. The number of amidine groups is 1. The Balaban J connectivity index is 2.89. The number of hydrogen-bond donors (Lipinski definition) is 3. The summed E-state index contributed by atoms with van der Waals surface area (Å²) in [7, 11) is 0. The highest BCUT2D eigenvalue weighted by Gasteiger charge is 2.19. The van der Waals surface area contributed by atoms with Crippen molar-refractivity contribution < 1.29 is 15.1 Å². The van der Waals surface area contributed by atoms with Gasteiger partial charge in [0.25, 0.3) is 5.91 Å². The van der Waals surface area contributed by atoms with Gasteiger partial charge in [0.15, 0.2) is 0 Å². The molecule has 20 heavy (non-hydrogen) atoms. The fourth-order valence-electron chi connectivity index (χ4n) is 1.80. The van der Waals surface area contributed by atoms with Crippen LogP contribution in [0.25, 0.3) is 0 Å². The van der Waals surface area contributed by atoms with Gasteiger partial charge in [0.05, 0.1) is 0 Å². The van der Waals surface area contributed by atoms with Crippen molar-refractivity contribution in [3.63, 3.8) is 0 Å². The number of aryl methyl sites for hydroxylation is 1. The summed E-state index contributed by atoms with van der Waals surface area (Å²) in [5.41, 5.74) is 6.66. The number of carbonyl (C=O) groups is 1. The first-order chi connectivity index (χ1) is 9.40. The molecule has 1 rings (SSSR count). The number of nitrogens with two attached hydrogens (primary N) is 1. The molecule has 1 unspecified atom stereocenters. The highest BCUT2D eigenvalue weighted by Crippen LogP contribution is 2.19. The van der Waals surface area contributed by atoms with E-state index < -0.39 is 0 Å². The quantitative estimate of drug-likeness (QED) is 0.329. The second-order valence-electron chi connectivity index (χ2n) is 4.77. The van der Waals surface area contributed by atoms with Crippen LogP contribution in [0.2, 0.25) is 0 Å². The van der Waals surface area contributed by atoms with Gasteiger partial charge in [0.1, 0.15) is 11.6 Å². The summed E-state index contributed by atoms with van der Waals surface area (Å²) in [6, 6.07) is 4.83. The molecule has 0 fully saturated rings. The van der Waals surface area contributed by atoms with Gasteiger partial charge in [-0.25, -0.2) is 0 Å². The number of hydrogen-bond acceptors (Lipinski definition) is 4. The average Bonchev–Trinajstić information content (AvgIpc) is 2.45. The second-order valence-corrected chi connectivity index (χ2v) is 4.77. The van der Waals surface area contributed by atoms with Crippen LogP contribution < -0.4 is 5.73 Å². The first-order valence-electron chi connectivity index (χ1n) is 6.47. The molecule has 110 valence electrons. The number of aromatic hydroxyl groups is 1. The van der Waals surface area contributed by atoms with Crippen molar-refractivity contribution in [2.24, 2.45) is 16.8 Å². The van der Waals surface area contributed by atoms with Crippen LogP contribution in [0, 0.1) is 12.8 Å². The zero-order valence-electron chi connectivity index (χ0n) is 12.0. The smallest absolute Gasteiger partial charge is 0.254 e. The average molecular weight is 279 g/mol. The van der Waals surface area contributed by atoms with Gasteiger partial charge in [-0.2, -0.15) is 0 Å². The standard InChI is InChI=1S/C14H21N3O3/c1-4-17(8-10(3)13(15)16-20)14(19)11-6-5-9(2)12(18)7-11/h5-7,10,18,20H,4,8H2,1-3H3,(H2,15,16). The zero-order valence-corrected chi connectivity index (χ0v) is 12.0. The molecular formula is C14H21N3O3. The molecule has 1 aromatic carbocycles. The van der Waals surface area contributed by atoms with E-state index in [1.807, 2.05) is 6.92 Å². The molecule has 0 bridgehead atoms.